The fraction of sp³-hybridized carbons (Fsp3) is 1.00. The molecular formula is C10H20O. The maximum Gasteiger partial charge on any atom is 0.0462 e. The van der Waals surface area contributed by atoms with Crippen LogP contribution in [0.2, 0.25) is 0 Å². The third kappa shape index (κ3) is 2.19. The molecule has 0 spiro atoms. The second kappa shape index (κ2) is 4.10. The Morgan fingerprint density at radius 3 is 2.36 bits per heavy atom. The summed E-state index contributed by atoms with van der Waals surface area (Å²) in [5, 5.41) is 9.11. The third-order valence-electron chi connectivity index (χ3n) is 3.06. The van der Waals surface area contributed by atoms with E-state index in [9.17, 15) is 0 Å². The van der Waals surface area contributed by atoms with Gasteiger partial charge < -0.3 is 5.11 Å². The number of hydrogen-bond donors (Lipinski definition) is 1. The van der Waals surface area contributed by atoms with E-state index in [1.807, 2.05) is 0 Å². The molecule has 0 saturated heterocycles. The molecule has 1 heteroatoms. The van der Waals surface area contributed by atoms with Gasteiger partial charge in [-0.05, 0) is 30.6 Å². The van der Waals surface area contributed by atoms with Crippen LogP contribution in [-0.2, 0) is 0 Å². The normalized spacial score (nSPS) is 32.7. The van der Waals surface area contributed by atoms with Gasteiger partial charge in [-0.3, -0.25) is 0 Å². The van der Waals surface area contributed by atoms with E-state index in [1.54, 1.807) is 0 Å². The quantitative estimate of drug-likeness (QED) is 0.651. The number of hydrogen-bond acceptors (Lipinski definition) is 1. The van der Waals surface area contributed by atoms with Crippen molar-refractivity contribution in [2.45, 2.75) is 39.5 Å². The molecule has 0 aromatic heterocycles. The Kier molecular flexibility index (Phi) is 3.38. The first-order valence-corrected chi connectivity index (χ1v) is 4.86. The van der Waals surface area contributed by atoms with Crippen LogP contribution in [0.3, 0.4) is 0 Å². The van der Waals surface area contributed by atoms with E-state index in [1.165, 1.54) is 25.7 Å². The summed E-state index contributed by atoms with van der Waals surface area (Å²) in [6.07, 6.45) is 5.29. The lowest BCUT2D eigenvalue weighted by atomic mass is 9.74. The topological polar surface area (TPSA) is 20.2 Å². The van der Waals surface area contributed by atoms with Gasteiger partial charge in [-0.15, -0.1) is 0 Å². The van der Waals surface area contributed by atoms with E-state index >= 15 is 0 Å². The van der Waals surface area contributed by atoms with Gasteiger partial charge in [0.1, 0.15) is 0 Å². The smallest absolute Gasteiger partial charge is 0.0462 e. The van der Waals surface area contributed by atoms with Gasteiger partial charge in [0.05, 0.1) is 0 Å². The van der Waals surface area contributed by atoms with Crippen LogP contribution in [0, 0.1) is 17.8 Å². The second-order valence-electron chi connectivity index (χ2n) is 4.13. The Labute approximate surface area is 69.8 Å². The van der Waals surface area contributed by atoms with E-state index in [4.69, 9.17) is 5.11 Å². The molecule has 0 radical (unpaired) electrons. The Morgan fingerprint density at radius 1 is 1.27 bits per heavy atom. The Balaban J connectivity index is 2.44. The highest BCUT2D eigenvalue weighted by atomic mass is 16.3. The average Bonchev–Trinajstić information content (AvgIpc) is 2.04. The maximum absolute atomic E-state index is 9.11. The van der Waals surface area contributed by atoms with Crippen molar-refractivity contribution in [1.82, 2.24) is 0 Å². The minimum atomic E-state index is 0.406. The minimum Gasteiger partial charge on any atom is -0.396 e. The molecule has 0 aromatic carbocycles. The summed E-state index contributed by atoms with van der Waals surface area (Å²) in [4.78, 5) is 0. The van der Waals surface area contributed by atoms with Gasteiger partial charge in [0, 0.05) is 6.61 Å². The summed E-state index contributed by atoms with van der Waals surface area (Å²) in [6, 6.07) is 0. The summed E-state index contributed by atoms with van der Waals surface area (Å²) in [7, 11) is 0. The Morgan fingerprint density at radius 2 is 1.91 bits per heavy atom. The van der Waals surface area contributed by atoms with Crippen molar-refractivity contribution in [3.05, 3.63) is 0 Å². The molecule has 1 aliphatic rings. The van der Waals surface area contributed by atoms with E-state index in [2.05, 4.69) is 13.8 Å². The van der Waals surface area contributed by atoms with Crippen LogP contribution in [0.25, 0.3) is 0 Å². The zero-order valence-corrected chi connectivity index (χ0v) is 7.71. The maximum atomic E-state index is 9.11. The molecule has 0 aliphatic heterocycles. The minimum absolute atomic E-state index is 0.406. The zero-order valence-electron chi connectivity index (χ0n) is 7.71. The molecule has 1 fully saturated rings. The number of aliphatic hydroxyl groups excluding tert-OH is 1. The predicted octanol–water partition coefficient (Wildman–Crippen LogP) is 2.44. The molecule has 0 heterocycles. The average molecular weight is 156 g/mol. The summed E-state index contributed by atoms with van der Waals surface area (Å²) in [5.41, 5.74) is 0. The lowest BCUT2D eigenvalue weighted by Gasteiger charge is -2.32. The molecule has 2 atom stereocenters. The molecule has 0 bridgehead atoms. The van der Waals surface area contributed by atoms with Gasteiger partial charge in [0.25, 0.3) is 0 Å². The highest BCUT2D eigenvalue weighted by molar-refractivity contribution is 4.76. The third-order valence-corrected chi connectivity index (χ3v) is 3.06. The van der Waals surface area contributed by atoms with Gasteiger partial charge in [0.15, 0.2) is 0 Å². The van der Waals surface area contributed by atoms with Gasteiger partial charge >= 0.3 is 0 Å². The lowest BCUT2D eigenvalue weighted by Crippen LogP contribution is -2.26. The van der Waals surface area contributed by atoms with Crippen LogP contribution in [0.15, 0.2) is 0 Å². The van der Waals surface area contributed by atoms with E-state index in [-0.39, 0.29) is 0 Å². The van der Waals surface area contributed by atoms with Gasteiger partial charge in [-0.2, -0.15) is 0 Å². The monoisotopic (exact) mass is 156 g/mol. The molecule has 1 saturated carbocycles. The molecule has 0 unspecified atom stereocenters. The van der Waals surface area contributed by atoms with Crippen LogP contribution < -0.4 is 0 Å². The second-order valence-corrected chi connectivity index (χ2v) is 4.13. The van der Waals surface area contributed by atoms with Crippen LogP contribution in [0.1, 0.15) is 39.5 Å². The van der Waals surface area contributed by atoms with Crippen molar-refractivity contribution in [2.24, 2.45) is 17.8 Å². The molecule has 1 nitrogen and oxygen atoms in total. The number of rotatable bonds is 2. The zero-order chi connectivity index (χ0) is 8.27. The molecule has 1 aliphatic carbocycles. The molecular weight excluding hydrogens is 136 g/mol. The summed E-state index contributed by atoms with van der Waals surface area (Å²) in [5.74, 6) is 2.14. The Hall–Kier alpha value is -0.0400. The summed E-state index contributed by atoms with van der Waals surface area (Å²) in [6.45, 7) is 4.96. The standard InChI is InChI=1S/C10H20O/c1-8(2)10-6-4-3-5-9(10)7-11/h8-11H,3-7H2,1-2H3/t9-,10+/m1/s1. The van der Waals surface area contributed by atoms with Crippen LogP contribution >= 0.6 is 0 Å². The summed E-state index contributed by atoms with van der Waals surface area (Å²) >= 11 is 0. The van der Waals surface area contributed by atoms with Crippen LogP contribution in [0.4, 0.5) is 0 Å². The SMILES string of the molecule is CC(C)[C@@H]1CCCC[C@@H]1CO. The summed E-state index contributed by atoms with van der Waals surface area (Å²) < 4.78 is 0. The van der Waals surface area contributed by atoms with Crippen molar-refractivity contribution in [3.63, 3.8) is 0 Å². The van der Waals surface area contributed by atoms with Crippen molar-refractivity contribution in [3.8, 4) is 0 Å². The fourth-order valence-corrected chi connectivity index (χ4v) is 2.34. The Bertz CT molecular complexity index is 109. The first-order valence-electron chi connectivity index (χ1n) is 4.86. The molecule has 0 amide bonds. The van der Waals surface area contributed by atoms with Gasteiger partial charge in [-0.25, -0.2) is 0 Å². The largest absolute Gasteiger partial charge is 0.396 e. The van der Waals surface area contributed by atoms with E-state index in [0.29, 0.717) is 12.5 Å². The van der Waals surface area contributed by atoms with Crippen molar-refractivity contribution >= 4 is 0 Å². The predicted molar refractivity (Wildman–Crippen MR) is 47.4 cm³/mol. The van der Waals surface area contributed by atoms with Crippen LogP contribution in [-0.4, -0.2) is 11.7 Å². The molecule has 0 aromatic rings. The van der Waals surface area contributed by atoms with Gasteiger partial charge in [-0.1, -0.05) is 26.7 Å². The highest BCUT2D eigenvalue weighted by Gasteiger charge is 2.26. The van der Waals surface area contributed by atoms with Crippen molar-refractivity contribution in [1.29, 1.82) is 0 Å². The first-order chi connectivity index (χ1) is 5.25. The molecule has 1 N–H and O–H groups in total. The first kappa shape index (κ1) is 9.05. The fourth-order valence-electron chi connectivity index (χ4n) is 2.34. The molecule has 1 rings (SSSR count). The van der Waals surface area contributed by atoms with Crippen LogP contribution in [0.5, 0.6) is 0 Å². The van der Waals surface area contributed by atoms with Gasteiger partial charge in [0.2, 0.25) is 0 Å². The number of aliphatic hydroxyl groups is 1. The molecule has 66 valence electrons. The van der Waals surface area contributed by atoms with E-state index < -0.39 is 0 Å². The van der Waals surface area contributed by atoms with Crippen molar-refractivity contribution in [2.75, 3.05) is 6.61 Å². The highest BCUT2D eigenvalue weighted by Crippen LogP contribution is 2.34. The molecule has 11 heavy (non-hydrogen) atoms. The van der Waals surface area contributed by atoms with E-state index in [0.717, 1.165) is 11.8 Å². The lowest BCUT2D eigenvalue weighted by molar-refractivity contribution is 0.106. The van der Waals surface area contributed by atoms with Crippen molar-refractivity contribution < 1.29 is 5.11 Å².